The summed E-state index contributed by atoms with van der Waals surface area (Å²) in [5.41, 5.74) is -0.203. The standard InChI is InChI=1S/C22H24F3N5O2.CH4/c1-29(17-7-9-30(10-8-17)20(31)14-5-6-14)21(32)28-19-13-26-18(12-27-19)15-3-2-4-16(11-15)22(23,24)25;/h2-4,11-14,17H,5-10H2,1H3,(H,27,28,32);1H4. The van der Waals surface area contributed by atoms with E-state index in [1.165, 1.54) is 24.5 Å². The van der Waals surface area contributed by atoms with Crippen LogP contribution in [0.2, 0.25) is 0 Å². The molecular weight excluding hydrogens is 435 g/mol. The zero-order valence-corrected chi connectivity index (χ0v) is 17.6. The van der Waals surface area contributed by atoms with E-state index < -0.39 is 11.7 Å². The van der Waals surface area contributed by atoms with E-state index in [4.69, 9.17) is 0 Å². The van der Waals surface area contributed by atoms with Crippen LogP contribution < -0.4 is 5.32 Å². The van der Waals surface area contributed by atoms with Crippen LogP contribution in [0.15, 0.2) is 36.7 Å². The molecule has 2 aromatic rings. The van der Waals surface area contributed by atoms with Crippen molar-refractivity contribution < 1.29 is 22.8 Å². The van der Waals surface area contributed by atoms with Crippen LogP contribution in [-0.4, -0.2) is 57.9 Å². The first-order valence-corrected chi connectivity index (χ1v) is 10.5. The smallest absolute Gasteiger partial charge is 0.342 e. The monoisotopic (exact) mass is 463 g/mol. The van der Waals surface area contributed by atoms with Crippen LogP contribution >= 0.6 is 0 Å². The topological polar surface area (TPSA) is 78.4 Å². The number of benzene rings is 1. The summed E-state index contributed by atoms with van der Waals surface area (Å²) in [4.78, 5) is 36.5. The average molecular weight is 464 g/mol. The second-order valence-electron chi connectivity index (χ2n) is 8.24. The van der Waals surface area contributed by atoms with Gasteiger partial charge in [-0.05, 0) is 37.8 Å². The van der Waals surface area contributed by atoms with Gasteiger partial charge in [0.25, 0.3) is 0 Å². The number of hydrogen-bond acceptors (Lipinski definition) is 4. The predicted molar refractivity (Wildman–Crippen MR) is 118 cm³/mol. The molecule has 4 rings (SSSR count). The zero-order chi connectivity index (χ0) is 22.9. The van der Waals surface area contributed by atoms with Crippen molar-refractivity contribution in [3.63, 3.8) is 0 Å². The third-order valence-corrected chi connectivity index (χ3v) is 5.94. The fraction of sp³-hybridized carbons (Fsp3) is 0.478. The van der Waals surface area contributed by atoms with Gasteiger partial charge < -0.3 is 9.80 Å². The molecule has 1 saturated carbocycles. The van der Waals surface area contributed by atoms with E-state index in [0.717, 1.165) is 25.0 Å². The molecule has 33 heavy (non-hydrogen) atoms. The van der Waals surface area contributed by atoms with Crippen LogP contribution in [0.1, 0.15) is 38.7 Å². The van der Waals surface area contributed by atoms with Gasteiger partial charge in [0.1, 0.15) is 0 Å². The molecule has 1 aliphatic carbocycles. The Morgan fingerprint density at radius 3 is 2.36 bits per heavy atom. The molecule has 1 saturated heterocycles. The fourth-order valence-corrected chi connectivity index (χ4v) is 3.82. The second kappa shape index (κ2) is 9.76. The zero-order valence-electron chi connectivity index (χ0n) is 17.6. The van der Waals surface area contributed by atoms with Crippen molar-refractivity contribution in [2.75, 3.05) is 25.5 Å². The predicted octanol–water partition coefficient (Wildman–Crippen LogP) is 4.66. The van der Waals surface area contributed by atoms with Gasteiger partial charge in [-0.15, -0.1) is 0 Å². The second-order valence-corrected chi connectivity index (χ2v) is 8.24. The SMILES string of the molecule is C.CN(C(=O)Nc1cnc(-c2cccc(C(F)(F)F)c2)cn1)C1CCN(C(=O)C2CC2)CC1. The Balaban J connectivity index is 0.00000306. The Labute approximate surface area is 191 Å². The lowest BCUT2D eigenvalue weighted by molar-refractivity contribution is -0.137. The van der Waals surface area contributed by atoms with E-state index in [-0.39, 0.29) is 48.4 Å². The van der Waals surface area contributed by atoms with Gasteiger partial charge >= 0.3 is 12.2 Å². The Morgan fingerprint density at radius 2 is 1.79 bits per heavy atom. The summed E-state index contributed by atoms with van der Waals surface area (Å²) in [7, 11) is 1.70. The van der Waals surface area contributed by atoms with E-state index in [1.54, 1.807) is 11.9 Å². The summed E-state index contributed by atoms with van der Waals surface area (Å²) in [6.45, 7) is 1.28. The Morgan fingerprint density at radius 1 is 1.09 bits per heavy atom. The Hall–Kier alpha value is -3.17. The van der Waals surface area contributed by atoms with Crippen LogP contribution in [0.4, 0.5) is 23.8 Å². The lowest BCUT2D eigenvalue weighted by Crippen LogP contribution is -2.48. The summed E-state index contributed by atoms with van der Waals surface area (Å²) in [6.07, 6.45) is 1.59. The van der Waals surface area contributed by atoms with E-state index >= 15 is 0 Å². The van der Waals surface area contributed by atoms with Crippen LogP contribution in [0, 0.1) is 5.92 Å². The normalized spacial score (nSPS) is 16.7. The van der Waals surface area contributed by atoms with Crippen LogP contribution in [-0.2, 0) is 11.0 Å². The molecule has 1 aromatic carbocycles. The molecule has 1 aromatic heterocycles. The minimum Gasteiger partial charge on any atom is -0.342 e. The molecule has 0 spiro atoms. The van der Waals surface area contributed by atoms with Gasteiger partial charge in [-0.25, -0.2) is 9.78 Å². The molecule has 2 fully saturated rings. The van der Waals surface area contributed by atoms with Crippen molar-refractivity contribution in [1.82, 2.24) is 19.8 Å². The summed E-state index contributed by atoms with van der Waals surface area (Å²) in [5.74, 6) is 0.635. The highest BCUT2D eigenvalue weighted by molar-refractivity contribution is 5.88. The summed E-state index contributed by atoms with van der Waals surface area (Å²) < 4.78 is 38.7. The molecule has 1 N–H and O–H groups in total. The van der Waals surface area contributed by atoms with Gasteiger partial charge in [0.05, 0.1) is 23.7 Å². The summed E-state index contributed by atoms with van der Waals surface area (Å²) in [6, 6.07) is 4.50. The molecule has 0 radical (unpaired) electrons. The lowest BCUT2D eigenvalue weighted by atomic mass is 10.0. The van der Waals surface area contributed by atoms with Gasteiger partial charge in [0.2, 0.25) is 5.91 Å². The van der Waals surface area contributed by atoms with Crippen LogP contribution in [0.5, 0.6) is 0 Å². The maximum atomic E-state index is 12.9. The molecular formula is C23H28F3N5O2. The van der Waals surface area contributed by atoms with Crippen molar-refractivity contribution in [3.05, 3.63) is 42.2 Å². The van der Waals surface area contributed by atoms with Crippen molar-refractivity contribution >= 4 is 17.8 Å². The molecule has 3 amide bonds. The third-order valence-electron chi connectivity index (χ3n) is 5.94. The summed E-state index contributed by atoms with van der Waals surface area (Å²) in [5, 5.41) is 2.67. The van der Waals surface area contributed by atoms with Crippen LogP contribution in [0.25, 0.3) is 11.3 Å². The first-order valence-electron chi connectivity index (χ1n) is 10.5. The highest BCUT2D eigenvalue weighted by atomic mass is 19.4. The number of alkyl halides is 3. The molecule has 1 aliphatic heterocycles. The number of rotatable bonds is 4. The summed E-state index contributed by atoms with van der Waals surface area (Å²) >= 11 is 0. The Bertz CT molecular complexity index is 984. The molecule has 0 bridgehead atoms. The number of hydrogen-bond donors (Lipinski definition) is 1. The number of anilines is 1. The number of carbonyl (C=O) groups is 2. The minimum atomic E-state index is -4.44. The molecule has 10 heteroatoms. The van der Waals surface area contributed by atoms with E-state index in [2.05, 4.69) is 15.3 Å². The number of nitrogens with zero attached hydrogens (tertiary/aromatic N) is 4. The number of halogens is 3. The molecule has 2 heterocycles. The quantitative estimate of drug-likeness (QED) is 0.715. The van der Waals surface area contributed by atoms with Crippen molar-refractivity contribution in [2.45, 2.75) is 45.3 Å². The molecule has 0 atom stereocenters. The number of urea groups is 1. The maximum absolute atomic E-state index is 12.9. The number of aromatic nitrogens is 2. The van der Waals surface area contributed by atoms with Gasteiger partial charge in [-0.2, -0.15) is 13.2 Å². The van der Waals surface area contributed by atoms with Gasteiger partial charge in [0, 0.05) is 37.7 Å². The number of amides is 3. The average Bonchev–Trinajstić information content (AvgIpc) is 3.64. The highest BCUT2D eigenvalue weighted by Crippen LogP contribution is 2.33. The Kier molecular flexibility index (Phi) is 7.24. The number of carbonyl (C=O) groups excluding carboxylic acids is 2. The maximum Gasteiger partial charge on any atom is 0.416 e. The number of piperidine rings is 1. The van der Waals surface area contributed by atoms with E-state index in [1.807, 2.05) is 4.90 Å². The van der Waals surface area contributed by atoms with Gasteiger partial charge in [-0.1, -0.05) is 19.6 Å². The van der Waals surface area contributed by atoms with Crippen LogP contribution in [0.3, 0.4) is 0 Å². The van der Waals surface area contributed by atoms with Crippen molar-refractivity contribution in [1.29, 1.82) is 0 Å². The third kappa shape index (κ3) is 5.80. The molecule has 178 valence electrons. The number of likely N-dealkylation sites (tertiary alicyclic amines) is 1. The van der Waals surface area contributed by atoms with E-state index in [0.29, 0.717) is 25.9 Å². The first-order chi connectivity index (χ1) is 15.2. The number of nitrogens with one attached hydrogen (secondary N) is 1. The highest BCUT2D eigenvalue weighted by Gasteiger charge is 2.36. The molecule has 0 unspecified atom stereocenters. The fourth-order valence-electron chi connectivity index (χ4n) is 3.82. The van der Waals surface area contributed by atoms with Crippen molar-refractivity contribution in [2.24, 2.45) is 5.92 Å². The lowest BCUT2D eigenvalue weighted by Gasteiger charge is -2.36. The van der Waals surface area contributed by atoms with Crippen molar-refractivity contribution in [3.8, 4) is 11.3 Å². The van der Waals surface area contributed by atoms with Gasteiger partial charge in [0.15, 0.2) is 5.82 Å². The van der Waals surface area contributed by atoms with E-state index in [9.17, 15) is 22.8 Å². The van der Waals surface area contributed by atoms with Gasteiger partial charge in [-0.3, -0.25) is 15.1 Å². The largest absolute Gasteiger partial charge is 0.416 e. The molecule has 2 aliphatic rings. The molecule has 7 nitrogen and oxygen atoms in total. The first kappa shape index (κ1) is 24.5. The minimum absolute atomic E-state index is 0.